The van der Waals surface area contributed by atoms with E-state index in [2.05, 4.69) is 11.6 Å². The van der Waals surface area contributed by atoms with Crippen LogP contribution < -0.4 is 10.5 Å². The van der Waals surface area contributed by atoms with Gasteiger partial charge in [0.15, 0.2) is 0 Å². The van der Waals surface area contributed by atoms with Crippen LogP contribution in [0.4, 0.5) is 0 Å². The Morgan fingerprint density at radius 1 is 1.37 bits per heavy atom. The Balaban J connectivity index is 2.21. The summed E-state index contributed by atoms with van der Waals surface area (Å²) in [7, 11) is -3.44. The molecule has 3 N–H and O–H groups in total. The van der Waals surface area contributed by atoms with Gasteiger partial charge in [0, 0.05) is 12.1 Å². The summed E-state index contributed by atoms with van der Waals surface area (Å²) in [6.07, 6.45) is 3.11. The van der Waals surface area contributed by atoms with Gasteiger partial charge in [-0.1, -0.05) is 25.5 Å². The third-order valence-corrected chi connectivity index (χ3v) is 5.35. The average molecular weight is 282 g/mol. The van der Waals surface area contributed by atoms with Gasteiger partial charge in [-0.2, -0.15) is 0 Å². The van der Waals surface area contributed by atoms with E-state index >= 15 is 0 Å². The summed E-state index contributed by atoms with van der Waals surface area (Å²) in [5, 5.41) is 0. The predicted octanol–water partition coefficient (Wildman–Crippen LogP) is 2.17. The van der Waals surface area contributed by atoms with Crippen LogP contribution in [0.1, 0.15) is 44.7 Å². The summed E-state index contributed by atoms with van der Waals surface area (Å²) >= 11 is 0. The number of nitrogens with two attached hydrogens (primary N) is 1. The number of sulfonamides is 1. The van der Waals surface area contributed by atoms with E-state index < -0.39 is 10.0 Å². The number of hydrogen-bond acceptors (Lipinski definition) is 3. The standard InChI is InChI=1S/C14H22N2O2S/c1-10-5-3-8-14(10)16-19(17,18)13-7-4-6-12(9-13)11(2)15/h4,6-7,9-11,14,16H,3,5,8,15H2,1-2H3. The molecule has 0 spiro atoms. The van der Waals surface area contributed by atoms with Crippen LogP contribution >= 0.6 is 0 Å². The van der Waals surface area contributed by atoms with Gasteiger partial charge in [0.1, 0.15) is 0 Å². The maximum Gasteiger partial charge on any atom is 0.240 e. The number of benzene rings is 1. The first kappa shape index (κ1) is 14.5. The Hall–Kier alpha value is -0.910. The maximum atomic E-state index is 12.4. The summed E-state index contributed by atoms with van der Waals surface area (Å²) in [5.74, 6) is 0.409. The molecule has 0 radical (unpaired) electrons. The van der Waals surface area contributed by atoms with Gasteiger partial charge in [-0.25, -0.2) is 13.1 Å². The quantitative estimate of drug-likeness (QED) is 0.889. The van der Waals surface area contributed by atoms with Crippen LogP contribution in [-0.4, -0.2) is 14.5 Å². The molecule has 2 rings (SSSR count). The fraction of sp³-hybridized carbons (Fsp3) is 0.571. The summed E-state index contributed by atoms with van der Waals surface area (Å²) in [6.45, 7) is 3.94. The van der Waals surface area contributed by atoms with E-state index in [1.807, 2.05) is 13.0 Å². The Kier molecular flexibility index (Phi) is 4.28. The van der Waals surface area contributed by atoms with Crippen molar-refractivity contribution in [2.75, 3.05) is 0 Å². The lowest BCUT2D eigenvalue weighted by atomic mass is 10.1. The van der Waals surface area contributed by atoms with Crippen LogP contribution in [0.2, 0.25) is 0 Å². The zero-order valence-electron chi connectivity index (χ0n) is 11.5. The lowest BCUT2D eigenvalue weighted by Crippen LogP contribution is -2.36. The fourth-order valence-corrected chi connectivity index (χ4v) is 3.99. The van der Waals surface area contributed by atoms with Crippen molar-refractivity contribution in [3.63, 3.8) is 0 Å². The maximum absolute atomic E-state index is 12.4. The summed E-state index contributed by atoms with van der Waals surface area (Å²) in [6, 6.07) is 6.76. The molecular weight excluding hydrogens is 260 g/mol. The van der Waals surface area contributed by atoms with Crippen molar-refractivity contribution in [1.29, 1.82) is 0 Å². The van der Waals surface area contributed by atoms with Gasteiger partial charge in [0.25, 0.3) is 0 Å². The molecule has 1 fully saturated rings. The molecule has 0 saturated heterocycles. The molecule has 1 aromatic carbocycles. The highest BCUT2D eigenvalue weighted by Gasteiger charge is 2.28. The van der Waals surface area contributed by atoms with Crippen LogP contribution in [0, 0.1) is 5.92 Å². The predicted molar refractivity (Wildman–Crippen MR) is 76.2 cm³/mol. The smallest absolute Gasteiger partial charge is 0.240 e. The van der Waals surface area contributed by atoms with E-state index in [1.165, 1.54) is 0 Å². The average Bonchev–Trinajstić information content (AvgIpc) is 2.74. The number of rotatable bonds is 4. The Morgan fingerprint density at radius 2 is 2.11 bits per heavy atom. The third-order valence-electron chi connectivity index (χ3n) is 3.86. The monoisotopic (exact) mass is 282 g/mol. The molecule has 0 amide bonds. The van der Waals surface area contributed by atoms with Crippen molar-refractivity contribution in [3.8, 4) is 0 Å². The number of nitrogens with one attached hydrogen (secondary N) is 1. The topological polar surface area (TPSA) is 72.2 Å². The van der Waals surface area contributed by atoms with E-state index in [1.54, 1.807) is 18.2 Å². The number of hydrogen-bond donors (Lipinski definition) is 2. The normalized spacial score (nSPS) is 25.4. The molecule has 0 aliphatic heterocycles. The van der Waals surface area contributed by atoms with E-state index in [9.17, 15) is 8.42 Å². The van der Waals surface area contributed by atoms with E-state index in [0.29, 0.717) is 10.8 Å². The van der Waals surface area contributed by atoms with Crippen LogP contribution in [0.3, 0.4) is 0 Å². The molecule has 3 atom stereocenters. The van der Waals surface area contributed by atoms with Crippen LogP contribution in [0.5, 0.6) is 0 Å². The first-order chi connectivity index (χ1) is 8.90. The molecule has 5 heteroatoms. The zero-order valence-corrected chi connectivity index (χ0v) is 12.3. The van der Waals surface area contributed by atoms with Gasteiger partial charge in [0.05, 0.1) is 4.90 Å². The van der Waals surface area contributed by atoms with Crippen molar-refractivity contribution in [2.45, 2.75) is 50.1 Å². The molecule has 1 aliphatic rings. The first-order valence-corrected chi connectivity index (χ1v) is 8.26. The molecule has 0 aromatic heterocycles. The summed E-state index contributed by atoms with van der Waals surface area (Å²) < 4.78 is 27.5. The minimum atomic E-state index is -3.44. The highest BCUT2D eigenvalue weighted by Crippen LogP contribution is 2.26. The second kappa shape index (κ2) is 5.61. The molecule has 19 heavy (non-hydrogen) atoms. The van der Waals surface area contributed by atoms with Crippen molar-refractivity contribution in [2.24, 2.45) is 11.7 Å². The summed E-state index contributed by atoms with van der Waals surface area (Å²) in [5.41, 5.74) is 6.63. The largest absolute Gasteiger partial charge is 0.324 e. The van der Waals surface area contributed by atoms with Crippen LogP contribution in [-0.2, 0) is 10.0 Å². The highest BCUT2D eigenvalue weighted by molar-refractivity contribution is 7.89. The van der Waals surface area contributed by atoms with Crippen molar-refractivity contribution < 1.29 is 8.42 Å². The van der Waals surface area contributed by atoms with Gasteiger partial charge in [-0.05, 0) is 43.4 Å². The Bertz CT molecular complexity index is 540. The second-order valence-electron chi connectivity index (χ2n) is 5.50. The van der Waals surface area contributed by atoms with E-state index in [-0.39, 0.29) is 12.1 Å². The molecular formula is C14H22N2O2S. The third kappa shape index (κ3) is 3.35. The van der Waals surface area contributed by atoms with E-state index in [4.69, 9.17) is 5.73 Å². The first-order valence-electron chi connectivity index (χ1n) is 6.78. The highest BCUT2D eigenvalue weighted by atomic mass is 32.2. The van der Waals surface area contributed by atoms with Crippen molar-refractivity contribution in [3.05, 3.63) is 29.8 Å². The Morgan fingerprint density at radius 3 is 2.68 bits per heavy atom. The molecule has 3 unspecified atom stereocenters. The zero-order chi connectivity index (χ0) is 14.0. The van der Waals surface area contributed by atoms with Crippen LogP contribution in [0.15, 0.2) is 29.2 Å². The SMILES string of the molecule is CC(N)c1cccc(S(=O)(=O)NC2CCCC2C)c1. The van der Waals surface area contributed by atoms with Crippen molar-refractivity contribution in [1.82, 2.24) is 4.72 Å². The van der Waals surface area contributed by atoms with Gasteiger partial charge in [-0.3, -0.25) is 0 Å². The van der Waals surface area contributed by atoms with Crippen molar-refractivity contribution >= 4 is 10.0 Å². The molecule has 106 valence electrons. The van der Waals surface area contributed by atoms with Gasteiger partial charge in [0.2, 0.25) is 10.0 Å². The lowest BCUT2D eigenvalue weighted by Gasteiger charge is -2.18. The van der Waals surface area contributed by atoms with E-state index in [0.717, 1.165) is 24.8 Å². The lowest BCUT2D eigenvalue weighted by molar-refractivity contribution is 0.476. The molecule has 1 saturated carbocycles. The molecule has 1 aliphatic carbocycles. The van der Waals surface area contributed by atoms with Crippen LogP contribution in [0.25, 0.3) is 0 Å². The Labute approximate surface area is 115 Å². The fourth-order valence-electron chi connectivity index (χ4n) is 2.55. The van der Waals surface area contributed by atoms with Gasteiger partial charge in [-0.15, -0.1) is 0 Å². The van der Waals surface area contributed by atoms with Gasteiger partial charge < -0.3 is 5.73 Å². The minimum absolute atomic E-state index is 0.0592. The molecule has 0 bridgehead atoms. The molecule has 4 nitrogen and oxygen atoms in total. The molecule has 1 aromatic rings. The summed E-state index contributed by atoms with van der Waals surface area (Å²) in [4.78, 5) is 0.307. The molecule has 0 heterocycles. The minimum Gasteiger partial charge on any atom is -0.324 e. The second-order valence-corrected chi connectivity index (χ2v) is 7.21. The van der Waals surface area contributed by atoms with Gasteiger partial charge >= 0.3 is 0 Å².